The summed E-state index contributed by atoms with van der Waals surface area (Å²) in [6.45, 7) is 3.40. The van der Waals surface area contributed by atoms with Gasteiger partial charge in [-0.2, -0.15) is 0 Å². The lowest BCUT2D eigenvalue weighted by Gasteiger charge is -2.28. The van der Waals surface area contributed by atoms with E-state index in [0.717, 1.165) is 25.7 Å². The smallest absolute Gasteiger partial charge is 0.327 e. The number of carbonyl (C=O) groups excluding carboxylic acids is 1. The van der Waals surface area contributed by atoms with Gasteiger partial charge in [0.15, 0.2) is 0 Å². The molecule has 19 heavy (non-hydrogen) atoms. The standard InChI is InChI=1S/C13H23NO4S/c1-3-10-5-4-6-11(7-10)19(18)8-12(13(16)17)14-9(2)15/h10-12H,3-8H2,1-2H3,(H,14,15)(H,16,17). The average molecular weight is 289 g/mol. The SMILES string of the molecule is CCC1CCCC(S(=O)CC(NC(C)=O)C(=O)O)C1. The minimum absolute atomic E-state index is 0.00993. The summed E-state index contributed by atoms with van der Waals surface area (Å²) in [7, 11) is -1.19. The molecular weight excluding hydrogens is 266 g/mol. The van der Waals surface area contributed by atoms with Crippen LogP contribution in [0.3, 0.4) is 0 Å². The first-order chi connectivity index (χ1) is 8.93. The molecule has 6 heteroatoms. The zero-order valence-corrected chi connectivity index (χ0v) is 12.4. The van der Waals surface area contributed by atoms with Gasteiger partial charge in [0.25, 0.3) is 0 Å². The number of aliphatic carboxylic acids is 1. The molecule has 1 fully saturated rings. The maximum atomic E-state index is 12.3. The van der Waals surface area contributed by atoms with Crippen LogP contribution >= 0.6 is 0 Å². The van der Waals surface area contributed by atoms with Crippen LogP contribution in [0.2, 0.25) is 0 Å². The highest BCUT2D eigenvalue weighted by Gasteiger charge is 2.29. The van der Waals surface area contributed by atoms with Crippen LogP contribution in [-0.2, 0) is 20.4 Å². The lowest BCUT2D eigenvalue weighted by Crippen LogP contribution is -2.45. The van der Waals surface area contributed by atoms with Gasteiger partial charge in [-0.3, -0.25) is 9.00 Å². The molecule has 1 saturated carbocycles. The van der Waals surface area contributed by atoms with E-state index in [2.05, 4.69) is 12.2 Å². The van der Waals surface area contributed by atoms with Gasteiger partial charge in [0.2, 0.25) is 5.91 Å². The number of amides is 1. The number of hydrogen-bond donors (Lipinski definition) is 2. The van der Waals surface area contributed by atoms with Gasteiger partial charge in [0.05, 0.1) is 5.75 Å². The molecule has 5 nitrogen and oxygen atoms in total. The molecule has 0 bridgehead atoms. The number of carboxylic acid groups (broad SMARTS) is 1. The summed E-state index contributed by atoms with van der Waals surface area (Å²) in [6, 6.07) is -1.04. The van der Waals surface area contributed by atoms with Crippen LogP contribution in [0.15, 0.2) is 0 Å². The van der Waals surface area contributed by atoms with Gasteiger partial charge in [-0.05, 0) is 18.8 Å². The van der Waals surface area contributed by atoms with Gasteiger partial charge < -0.3 is 10.4 Å². The average Bonchev–Trinajstić information content (AvgIpc) is 2.37. The van der Waals surface area contributed by atoms with Crippen LogP contribution in [0, 0.1) is 5.92 Å². The number of carboxylic acids is 1. The van der Waals surface area contributed by atoms with E-state index in [9.17, 15) is 13.8 Å². The minimum Gasteiger partial charge on any atom is -0.480 e. The highest BCUT2D eigenvalue weighted by atomic mass is 32.2. The molecule has 0 aromatic rings. The predicted octanol–water partition coefficient (Wildman–Crippen LogP) is 1.29. The van der Waals surface area contributed by atoms with Crippen molar-refractivity contribution in [3.63, 3.8) is 0 Å². The molecule has 0 aliphatic heterocycles. The maximum Gasteiger partial charge on any atom is 0.327 e. The lowest BCUT2D eigenvalue weighted by atomic mass is 9.87. The number of hydrogen-bond acceptors (Lipinski definition) is 3. The summed E-state index contributed by atoms with van der Waals surface area (Å²) in [5.74, 6) is -0.909. The van der Waals surface area contributed by atoms with E-state index in [1.54, 1.807) is 0 Å². The summed E-state index contributed by atoms with van der Waals surface area (Å²) in [5, 5.41) is 11.4. The molecule has 0 aromatic carbocycles. The molecule has 0 saturated heterocycles. The third-order valence-corrected chi connectivity index (χ3v) is 5.52. The third kappa shape index (κ3) is 5.30. The fourth-order valence-corrected chi connectivity index (χ4v) is 4.31. The van der Waals surface area contributed by atoms with Crippen LogP contribution in [0.5, 0.6) is 0 Å². The Morgan fingerprint density at radius 2 is 2.11 bits per heavy atom. The molecule has 0 spiro atoms. The van der Waals surface area contributed by atoms with Gasteiger partial charge in [-0.15, -0.1) is 0 Å². The first kappa shape index (κ1) is 16.1. The van der Waals surface area contributed by atoms with Crippen LogP contribution in [0.25, 0.3) is 0 Å². The van der Waals surface area contributed by atoms with Gasteiger partial charge in [0.1, 0.15) is 6.04 Å². The summed E-state index contributed by atoms with van der Waals surface area (Å²) >= 11 is 0. The second-order valence-electron chi connectivity index (χ2n) is 5.20. The van der Waals surface area contributed by atoms with Gasteiger partial charge >= 0.3 is 5.97 Å². The summed E-state index contributed by atoms with van der Waals surface area (Å²) in [6.07, 6.45) is 5.14. The molecule has 4 unspecified atom stereocenters. The zero-order chi connectivity index (χ0) is 14.4. The quantitative estimate of drug-likeness (QED) is 0.772. The summed E-state index contributed by atoms with van der Waals surface area (Å²) in [4.78, 5) is 22.0. The highest BCUT2D eigenvalue weighted by molar-refractivity contribution is 7.85. The van der Waals surface area contributed by atoms with Crippen LogP contribution in [0.1, 0.15) is 46.0 Å². The second-order valence-corrected chi connectivity index (χ2v) is 6.96. The van der Waals surface area contributed by atoms with Crippen LogP contribution in [0.4, 0.5) is 0 Å². The van der Waals surface area contributed by atoms with E-state index in [1.165, 1.54) is 13.3 Å². The van der Waals surface area contributed by atoms with Crippen molar-refractivity contribution in [2.45, 2.75) is 57.2 Å². The van der Waals surface area contributed by atoms with Gasteiger partial charge in [-0.25, -0.2) is 4.79 Å². The van der Waals surface area contributed by atoms with E-state index in [1.807, 2.05) is 0 Å². The molecule has 2 N–H and O–H groups in total. The number of rotatable bonds is 6. The van der Waals surface area contributed by atoms with E-state index in [-0.39, 0.29) is 11.0 Å². The molecule has 110 valence electrons. The van der Waals surface area contributed by atoms with Gasteiger partial charge in [-0.1, -0.05) is 26.2 Å². The molecule has 1 aliphatic carbocycles. The lowest BCUT2D eigenvalue weighted by molar-refractivity contribution is -0.140. The van der Waals surface area contributed by atoms with Crippen molar-refractivity contribution >= 4 is 22.7 Å². The largest absolute Gasteiger partial charge is 0.480 e. The Bertz CT molecular complexity index is 359. The molecule has 1 amide bonds. The molecular formula is C13H23NO4S. The minimum atomic E-state index is -1.19. The monoisotopic (exact) mass is 289 g/mol. The second kappa shape index (κ2) is 7.62. The molecule has 0 aromatic heterocycles. The fourth-order valence-electron chi connectivity index (χ4n) is 2.57. The van der Waals surface area contributed by atoms with Crippen LogP contribution in [-0.4, -0.2) is 38.2 Å². The predicted molar refractivity (Wildman–Crippen MR) is 74.3 cm³/mol. The van der Waals surface area contributed by atoms with Crippen LogP contribution < -0.4 is 5.32 Å². The molecule has 1 aliphatic rings. The molecule has 1 rings (SSSR count). The first-order valence-electron chi connectivity index (χ1n) is 6.81. The van der Waals surface area contributed by atoms with E-state index in [4.69, 9.17) is 5.11 Å². The normalized spacial score (nSPS) is 26.4. The van der Waals surface area contributed by atoms with Crippen molar-refractivity contribution in [2.75, 3.05) is 5.75 Å². The Labute approximate surface area is 116 Å². The topological polar surface area (TPSA) is 83.5 Å². The van der Waals surface area contributed by atoms with Crippen molar-refractivity contribution in [1.29, 1.82) is 0 Å². The van der Waals surface area contributed by atoms with Crippen molar-refractivity contribution in [1.82, 2.24) is 5.32 Å². The van der Waals surface area contributed by atoms with E-state index >= 15 is 0 Å². The summed E-state index contributed by atoms with van der Waals surface area (Å²) < 4.78 is 12.3. The molecule has 0 radical (unpaired) electrons. The Morgan fingerprint density at radius 3 is 2.63 bits per heavy atom. The van der Waals surface area contributed by atoms with Gasteiger partial charge in [0, 0.05) is 23.0 Å². The third-order valence-electron chi connectivity index (χ3n) is 3.69. The maximum absolute atomic E-state index is 12.3. The van der Waals surface area contributed by atoms with Crippen molar-refractivity contribution in [3.05, 3.63) is 0 Å². The molecule has 0 heterocycles. The Morgan fingerprint density at radius 1 is 1.42 bits per heavy atom. The Kier molecular flexibility index (Phi) is 6.48. The van der Waals surface area contributed by atoms with E-state index in [0.29, 0.717) is 5.92 Å². The van der Waals surface area contributed by atoms with Crippen molar-refractivity contribution in [3.8, 4) is 0 Å². The summed E-state index contributed by atoms with van der Waals surface area (Å²) in [5.41, 5.74) is 0. The number of carbonyl (C=O) groups is 2. The fraction of sp³-hybridized carbons (Fsp3) is 0.846. The first-order valence-corrected chi connectivity index (χ1v) is 8.19. The van der Waals surface area contributed by atoms with Crippen molar-refractivity contribution < 1.29 is 18.9 Å². The Hall–Kier alpha value is -0.910. The zero-order valence-electron chi connectivity index (χ0n) is 11.6. The Balaban J connectivity index is 2.56. The van der Waals surface area contributed by atoms with E-state index < -0.39 is 28.7 Å². The van der Waals surface area contributed by atoms with Crippen molar-refractivity contribution in [2.24, 2.45) is 5.92 Å². The number of nitrogens with one attached hydrogen (secondary N) is 1. The molecule has 4 atom stereocenters. The highest BCUT2D eigenvalue weighted by Crippen LogP contribution is 2.29.